The highest BCUT2D eigenvalue weighted by Gasteiger charge is 2.28. The van der Waals surface area contributed by atoms with E-state index < -0.39 is 5.54 Å². The first-order valence-electron chi connectivity index (χ1n) is 7.04. The molecular weight excluding hydrogens is 336 g/mol. The van der Waals surface area contributed by atoms with Crippen molar-refractivity contribution in [1.29, 1.82) is 0 Å². The van der Waals surface area contributed by atoms with Gasteiger partial charge in [0.2, 0.25) is 11.0 Å². The standard InChI is InChI=1S/C15H20N4O2S.ClH/c1-4-9-15(2,16)13(20)17-14-19-18-12(22-14)10-5-7-11(21-3)8-6-10;/h5-8H,4,9,16H2,1-3H3,(H,17,19,20);1H. The molecule has 0 radical (unpaired) electrons. The summed E-state index contributed by atoms with van der Waals surface area (Å²) < 4.78 is 5.12. The molecule has 0 saturated carbocycles. The summed E-state index contributed by atoms with van der Waals surface area (Å²) in [4.78, 5) is 12.1. The molecular formula is C15H21ClN4O2S. The van der Waals surface area contributed by atoms with Crippen molar-refractivity contribution in [2.75, 3.05) is 12.4 Å². The molecule has 6 nitrogen and oxygen atoms in total. The number of methoxy groups -OCH3 is 1. The van der Waals surface area contributed by atoms with Crippen LogP contribution in [0.5, 0.6) is 5.75 Å². The summed E-state index contributed by atoms with van der Waals surface area (Å²) in [6, 6.07) is 7.50. The average Bonchev–Trinajstić information content (AvgIpc) is 2.96. The lowest BCUT2D eigenvalue weighted by Gasteiger charge is -2.21. The summed E-state index contributed by atoms with van der Waals surface area (Å²) in [5.41, 5.74) is 6.02. The van der Waals surface area contributed by atoms with Gasteiger partial charge < -0.3 is 10.5 Å². The second kappa shape index (κ2) is 8.24. The normalized spacial score (nSPS) is 12.9. The second-order valence-corrected chi connectivity index (χ2v) is 6.24. The van der Waals surface area contributed by atoms with E-state index in [2.05, 4.69) is 15.5 Å². The number of carbonyl (C=O) groups is 1. The van der Waals surface area contributed by atoms with Gasteiger partial charge in [-0.15, -0.1) is 22.6 Å². The minimum Gasteiger partial charge on any atom is -0.497 e. The summed E-state index contributed by atoms with van der Waals surface area (Å²) in [5.74, 6) is 0.534. The SMILES string of the molecule is CCCC(C)(N)C(=O)Nc1nnc(-c2ccc(OC)cc2)s1.Cl. The number of nitrogens with two attached hydrogens (primary N) is 1. The second-order valence-electron chi connectivity index (χ2n) is 5.26. The van der Waals surface area contributed by atoms with Gasteiger partial charge >= 0.3 is 0 Å². The van der Waals surface area contributed by atoms with Gasteiger partial charge in [-0.25, -0.2) is 0 Å². The van der Waals surface area contributed by atoms with Gasteiger partial charge in [0, 0.05) is 5.56 Å². The van der Waals surface area contributed by atoms with Crippen molar-refractivity contribution >= 4 is 34.8 Å². The summed E-state index contributed by atoms with van der Waals surface area (Å²) in [5, 5.41) is 12.0. The maximum atomic E-state index is 12.1. The third-order valence-corrected chi connectivity index (χ3v) is 4.16. The van der Waals surface area contributed by atoms with E-state index in [-0.39, 0.29) is 18.3 Å². The molecule has 1 unspecified atom stereocenters. The van der Waals surface area contributed by atoms with Crippen molar-refractivity contribution < 1.29 is 9.53 Å². The minimum atomic E-state index is -0.902. The highest BCUT2D eigenvalue weighted by molar-refractivity contribution is 7.18. The molecule has 0 bridgehead atoms. The lowest BCUT2D eigenvalue weighted by atomic mass is 9.97. The first-order valence-corrected chi connectivity index (χ1v) is 7.86. The molecule has 0 saturated heterocycles. The van der Waals surface area contributed by atoms with Crippen LogP contribution in [-0.4, -0.2) is 28.8 Å². The van der Waals surface area contributed by atoms with Crippen LogP contribution in [0.2, 0.25) is 0 Å². The Labute approximate surface area is 145 Å². The number of benzene rings is 1. The number of anilines is 1. The zero-order chi connectivity index (χ0) is 16.2. The molecule has 126 valence electrons. The number of rotatable bonds is 6. The molecule has 2 rings (SSSR count). The van der Waals surface area contributed by atoms with Crippen molar-refractivity contribution in [1.82, 2.24) is 10.2 Å². The van der Waals surface area contributed by atoms with Crippen molar-refractivity contribution in [2.45, 2.75) is 32.2 Å². The van der Waals surface area contributed by atoms with E-state index in [1.807, 2.05) is 31.2 Å². The average molecular weight is 357 g/mol. The molecule has 1 amide bonds. The Bertz CT molecular complexity index is 643. The van der Waals surface area contributed by atoms with Gasteiger partial charge in [-0.1, -0.05) is 24.7 Å². The van der Waals surface area contributed by atoms with Crippen molar-refractivity contribution in [3.8, 4) is 16.3 Å². The van der Waals surface area contributed by atoms with E-state index in [4.69, 9.17) is 10.5 Å². The summed E-state index contributed by atoms with van der Waals surface area (Å²) in [6.45, 7) is 3.71. The summed E-state index contributed by atoms with van der Waals surface area (Å²) in [7, 11) is 1.62. The van der Waals surface area contributed by atoms with Gasteiger partial charge in [0.15, 0.2) is 0 Å². The van der Waals surface area contributed by atoms with Crippen LogP contribution in [0.1, 0.15) is 26.7 Å². The minimum absolute atomic E-state index is 0. The van der Waals surface area contributed by atoms with Crippen LogP contribution in [0.15, 0.2) is 24.3 Å². The van der Waals surface area contributed by atoms with E-state index in [0.717, 1.165) is 22.7 Å². The van der Waals surface area contributed by atoms with Crippen molar-refractivity contribution in [3.63, 3.8) is 0 Å². The lowest BCUT2D eigenvalue weighted by Crippen LogP contribution is -2.48. The number of carbonyl (C=O) groups excluding carboxylic acids is 1. The van der Waals surface area contributed by atoms with Gasteiger partial charge in [0.25, 0.3) is 0 Å². The molecule has 1 atom stereocenters. The fourth-order valence-electron chi connectivity index (χ4n) is 2.00. The van der Waals surface area contributed by atoms with Gasteiger partial charge in [-0.2, -0.15) is 0 Å². The molecule has 8 heteroatoms. The van der Waals surface area contributed by atoms with E-state index in [0.29, 0.717) is 11.6 Å². The predicted molar refractivity (Wildman–Crippen MR) is 95.3 cm³/mol. The van der Waals surface area contributed by atoms with E-state index in [1.54, 1.807) is 14.0 Å². The fraction of sp³-hybridized carbons (Fsp3) is 0.400. The molecule has 0 aliphatic carbocycles. The fourth-order valence-corrected chi connectivity index (χ4v) is 2.74. The Kier molecular flexibility index (Phi) is 6.93. The molecule has 2 aromatic rings. The lowest BCUT2D eigenvalue weighted by molar-refractivity contribution is -0.120. The summed E-state index contributed by atoms with van der Waals surface area (Å²) in [6.07, 6.45) is 1.45. The van der Waals surface area contributed by atoms with Crippen molar-refractivity contribution in [3.05, 3.63) is 24.3 Å². The molecule has 23 heavy (non-hydrogen) atoms. The molecule has 1 aromatic carbocycles. The van der Waals surface area contributed by atoms with E-state index in [9.17, 15) is 4.79 Å². The van der Waals surface area contributed by atoms with Crippen molar-refractivity contribution in [2.24, 2.45) is 5.73 Å². The maximum Gasteiger partial charge on any atom is 0.245 e. The molecule has 1 aromatic heterocycles. The number of nitrogens with zero attached hydrogens (tertiary/aromatic N) is 2. The number of nitrogens with one attached hydrogen (secondary N) is 1. The van der Waals surface area contributed by atoms with Crippen LogP contribution in [0.3, 0.4) is 0 Å². The largest absolute Gasteiger partial charge is 0.497 e. The Morgan fingerprint density at radius 1 is 1.35 bits per heavy atom. The van der Waals surface area contributed by atoms with E-state index in [1.165, 1.54) is 11.3 Å². The zero-order valence-electron chi connectivity index (χ0n) is 13.3. The van der Waals surface area contributed by atoms with Gasteiger partial charge in [-0.05, 0) is 37.6 Å². The Hall–Kier alpha value is -1.70. The molecule has 1 heterocycles. The monoisotopic (exact) mass is 356 g/mol. The van der Waals surface area contributed by atoms with Crippen LogP contribution in [-0.2, 0) is 4.79 Å². The Balaban J connectivity index is 0.00000264. The van der Waals surface area contributed by atoms with Gasteiger partial charge in [-0.3, -0.25) is 10.1 Å². The quantitative estimate of drug-likeness (QED) is 0.830. The van der Waals surface area contributed by atoms with Gasteiger partial charge in [0.05, 0.1) is 12.6 Å². The first kappa shape index (κ1) is 19.3. The van der Waals surface area contributed by atoms with Crippen LogP contribution in [0, 0.1) is 0 Å². The van der Waals surface area contributed by atoms with Gasteiger partial charge in [0.1, 0.15) is 10.8 Å². The number of halogens is 1. The number of hydrogen-bond acceptors (Lipinski definition) is 6. The molecule has 3 N–H and O–H groups in total. The Morgan fingerprint density at radius 3 is 2.57 bits per heavy atom. The van der Waals surface area contributed by atoms with Crippen LogP contribution >= 0.6 is 23.7 Å². The number of hydrogen-bond donors (Lipinski definition) is 2. The Morgan fingerprint density at radius 2 is 2.00 bits per heavy atom. The highest BCUT2D eigenvalue weighted by atomic mass is 35.5. The van der Waals surface area contributed by atoms with Crippen LogP contribution in [0.4, 0.5) is 5.13 Å². The van der Waals surface area contributed by atoms with E-state index >= 15 is 0 Å². The predicted octanol–water partition coefficient (Wildman–Crippen LogP) is 3.09. The molecule has 0 aliphatic rings. The number of amides is 1. The maximum absolute atomic E-state index is 12.1. The first-order chi connectivity index (χ1) is 10.5. The molecule has 0 fully saturated rings. The smallest absolute Gasteiger partial charge is 0.245 e. The number of ether oxygens (including phenoxy) is 1. The topological polar surface area (TPSA) is 90.1 Å². The molecule has 0 aliphatic heterocycles. The highest BCUT2D eigenvalue weighted by Crippen LogP contribution is 2.28. The third-order valence-electron chi connectivity index (χ3n) is 3.27. The van der Waals surface area contributed by atoms with Crippen LogP contribution in [0.25, 0.3) is 10.6 Å². The number of aromatic nitrogens is 2. The third kappa shape index (κ3) is 4.89. The molecule has 0 spiro atoms. The summed E-state index contributed by atoms with van der Waals surface area (Å²) >= 11 is 1.31. The van der Waals surface area contributed by atoms with Crippen LogP contribution < -0.4 is 15.8 Å². The zero-order valence-corrected chi connectivity index (χ0v) is 15.0.